The smallest absolute Gasteiger partial charge is 0.217 e. The molecular formula is C16H12BrNO2S2. The van der Waals surface area contributed by atoms with E-state index in [0.717, 1.165) is 24.8 Å². The molecule has 0 saturated carbocycles. The lowest BCUT2D eigenvalue weighted by molar-refractivity contribution is -1.01. The summed E-state index contributed by atoms with van der Waals surface area (Å²) in [6.07, 6.45) is 0. The number of hydroxylamine groups is 2. The van der Waals surface area contributed by atoms with Crippen LogP contribution in [-0.2, 0) is 0 Å². The fraction of sp³-hybridized carbons (Fsp3) is 0. The summed E-state index contributed by atoms with van der Waals surface area (Å²) in [6.45, 7) is 0. The molecule has 112 valence electrons. The second-order valence-electron chi connectivity index (χ2n) is 4.50. The van der Waals surface area contributed by atoms with Gasteiger partial charge in [-0.05, 0) is 38.8 Å². The molecular weight excluding hydrogens is 382 g/mol. The third kappa shape index (κ3) is 3.32. The molecule has 0 bridgehead atoms. The van der Waals surface area contributed by atoms with Gasteiger partial charge in [-0.2, -0.15) is 5.23 Å². The molecule has 6 heteroatoms. The lowest BCUT2D eigenvalue weighted by atomic mass is 10.2. The number of halogens is 1. The Balaban J connectivity index is 2.03. The summed E-state index contributed by atoms with van der Waals surface area (Å²) in [7, 11) is 0. The van der Waals surface area contributed by atoms with Crippen LogP contribution in [0.1, 0.15) is 11.1 Å². The largest absolute Gasteiger partial charge is 0.594 e. The molecule has 22 heavy (non-hydrogen) atoms. The molecule has 3 rings (SSSR count). The molecule has 3 nitrogen and oxygen atoms in total. The first-order chi connectivity index (χ1) is 10.7. The van der Waals surface area contributed by atoms with Gasteiger partial charge in [0.25, 0.3) is 0 Å². The van der Waals surface area contributed by atoms with Crippen LogP contribution in [0.5, 0.6) is 0 Å². The SMILES string of the molecule is [O-][NH+](O)C1=C(c2ccccc2)SC(Br)=C(c2ccccc2)S1. The first kappa shape index (κ1) is 15.9. The van der Waals surface area contributed by atoms with E-state index in [-0.39, 0.29) is 0 Å². The molecule has 1 unspecified atom stereocenters. The van der Waals surface area contributed by atoms with E-state index in [9.17, 15) is 10.4 Å². The molecule has 0 radical (unpaired) electrons. The van der Waals surface area contributed by atoms with Crippen LogP contribution in [0.3, 0.4) is 0 Å². The van der Waals surface area contributed by atoms with Gasteiger partial charge in [0, 0.05) is 4.91 Å². The molecule has 0 fully saturated rings. The van der Waals surface area contributed by atoms with Crippen LogP contribution in [0, 0.1) is 5.21 Å². The summed E-state index contributed by atoms with van der Waals surface area (Å²) >= 11 is 6.35. The predicted octanol–water partition coefficient (Wildman–Crippen LogP) is 4.29. The molecule has 2 N–H and O–H groups in total. The Morgan fingerprint density at radius 3 is 1.82 bits per heavy atom. The Morgan fingerprint density at radius 1 is 0.818 bits per heavy atom. The zero-order chi connectivity index (χ0) is 15.5. The molecule has 1 aliphatic rings. The van der Waals surface area contributed by atoms with E-state index in [1.807, 2.05) is 60.7 Å². The van der Waals surface area contributed by atoms with Crippen molar-refractivity contribution in [3.8, 4) is 0 Å². The fourth-order valence-corrected chi connectivity index (χ4v) is 5.17. The van der Waals surface area contributed by atoms with Gasteiger partial charge in [-0.3, -0.25) is 0 Å². The maximum Gasteiger partial charge on any atom is 0.217 e. The van der Waals surface area contributed by atoms with Crippen molar-refractivity contribution in [1.82, 2.24) is 0 Å². The summed E-state index contributed by atoms with van der Waals surface area (Å²) in [4.78, 5) is 1.70. The van der Waals surface area contributed by atoms with Crippen LogP contribution in [0.15, 0.2) is 69.5 Å². The van der Waals surface area contributed by atoms with Gasteiger partial charge >= 0.3 is 0 Å². The molecule has 0 amide bonds. The van der Waals surface area contributed by atoms with Crippen molar-refractivity contribution in [3.05, 3.63) is 85.8 Å². The number of quaternary nitrogens is 1. The summed E-state index contributed by atoms with van der Waals surface area (Å²) in [5, 5.41) is 20.7. The molecule has 1 atom stereocenters. The van der Waals surface area contributed by atoms with Crippen LogP contribution in [0.4, 0.5) is 0 Å². The highest BCUT2D eigenvalue weighted by Gasteiger charge is 2.27. The van der Waals surface area contributed by atoms with Gasteiger partial charge in [-0.15, -0.1) is 0 Å². The lowest BCUT2D eigenvalue weighted by Crippen LogP contribution is -3.02. The van der Waals surface area contributed by atoms with E-state index in [2.05, 4.69) is 15.9 Å². The van der Waals surface area contributed by atoms with Crippen molar-refractivity contribution in [2.75, 3.05) is 0 Å². The van der Waals surface area contributed by atoms with Crippen LogP contribution in [-0.4, -0.2) is 5.21 Å². The van der Waals surface area contributed by atoms with Crippen LogP contribution in [0.2, 0.25) is 0 Å². The van der Waals surface area contributed by atoms with Crippen molar-refractivity contribution in [3.63, 3.8) is 0 Å². The van der Waals surface area contributed by atoms with Gasteiger partial charge in [-0.1, -0.05) is 72.4 Å². The molecule has 2 aromatic carbocycles. The summed E-state index contributed by atoms with van der Waals surface area (Å²) in [5.74, 6) is 0. The molecule has 0 saturated heterocycles. The minimum atomic E-state index is -0.898. The Labute approximate surface area is 145 Å². The standard InChI is InChI=1S/C16H12BrNO2S2/c17-15-13(11-7-3-1-4-8-11)22-16(18(19)20)14(21-15)12-9-5-2-6-10-12/h1-10,18-19H. The van der Waals surface area contributed by atoms with E-state index in [4.69, 9.17) is 0 Å². The van der Waals surface area contributed by atoms with Crippen LogP contribution >= 0.6 is 39.5 Å². The van der Waals surface area contributed by atoms with Crippen LogP contribution in [0.25, 0.3) is 9.81 Å². The first-order valence-corrected chi connectivity index (χ1v) is 8.93. The average Bonchev–Trinajstić information content (AvgIpc) is 2.56. The maximum absolute atomic E-state index is 11.7. The van der Waals surface area contributed by atoms with Crippen molar-refractivity contribution < 1.29 is 10.4 Å². The number of thioether (sulfide) groups is 2. The van der Waals surface area contributed by atoms with Crippen molar-refractivity contribution in [2.24, 2.45) is 0 Å². The van der Waals surface area contributed by atoms with E-state index >= 15 is 0 Å². The zero-order valence-electron chi connectivity index (χ0n) is 11.3. The predicted molar refractivity (Wildman–Crippen MR) is 96.9 cm³/mol. The van der Waals surface area contributed by atoms with Gasteiger partial charge in [0.05, 0.1) is 8.72 Å². The molecule has 0 spiro atoms. The first-order valence-electron chi connectivity index (χ1n) is 6.50. The van der Waals surface area contributed by atoms with Crippen molar-refractivity contribution >= 4 is 49.3 Å². The van der Waals surface area contributed by atoms with Gasteiger partial charge in [0.2, 0.25) is 5.03 Å². The van der Waals surface area contributed by atoms with Crippen LogP contribution < -0.4 is 5.23 Å². The summed E-state index contributed by atoms with van der Waals surface area (Å²) < 4.78 is 0.938. The minimum absolute atomic E-state index is 0.359. The Morgan fingerprint density at radius 2 is 1.32 bits per heavy atom. The van der Waals surface area contributed by atoms with Gasteiger partial charge in [0.15, 0.2) is 0 Å². The summed E-state index contributed by atoms with van der Waals surface area (Å²) in [5.41, 5.74) is 1.93. The van der Waals surface area contributed by atoms with Gasteiger partial charge < -0.3 is 5.21 Å². The topological polar surface area (TPSA) is 47.7 Å². The Kier molecular flexibility index (Phi) is 5.07. The van der Waals surface area contributed by atoms with Gasteiger partial charge in [-0.25, -0.2) is 5.21 Å². The number of nitrogens with one attached hydrogen (secondary N) is 1. The molecule has 0 aromatic heterocycles. The highest BCUT2D eigenvalue weighted by Crippen LogP contribution is 2.52. The third-order valence-corrected chi connectivity index (χ3v) is 6.70. The monoisotopic (exact) mass is 393 g/mol. The second kappa shape index (κ2) is 7.04. The highest BCUT2D eigenvalue weighted by atomic mass is 79.9. The van der Waals surface area contributed by atoms with Crippen molar-refractivity contribution in [1.29, 1.82) is 0 Å². The number of benzene rings is 2. The van der Waals surface area contributed by atoms with E-state index in [0.29, 0.717) is 5.03 Å². The number of hydrogen-bond donors (Lipinski definition) is 2. The molecule has 1 heterocycles. The quantitative estimate of drug-likeness (QED) is 0.763. The minimum Gasteiger partial charge on any atom is -0.594 e. The number of hydrogen-bond acceptors (Lipinski definition) is 4. The lowest BCUT2D eigenvalue weighted by Gasteiger charge is -2.24. The zero-order valence-corrected chi connectivity index (χ0v) is 14.5. The van der Waals surface area contributed by atoms with E-state index in [1.165, 1.54) is 23.5 Å². The van der Waals surface area contributed by atoms with Gasteiger partial charge in [0.1, 0.15) is 0 Å². The Hall–Kier alpha value is -1.02. The maximum atomic E-state index is 11.7. The normalized spacial score (nSPS) is 16.9. The number of rotatable bonds is 3. The average molecular weight is 394 g/mol. The van der Waals surface area contributed by atoms with E-state index in [1.54, 1.807) is 0 Å². The fourth-order valence-electron chi connectivity index (χ4n) is 2.05. The van der Waals surface area contributed by atoms with Crippen molar-refractivity contribution in [2.45, 2.75) is 0 Å². The molecule has 1 aliphatic heterocycles. The molecule has 0 aliphatic carbocycles. The second-order valence-corrected chi connectivity index (χ2v) is 7.86. The summed E-state index contributed by atoms with van der Waals surface area (Å²) in [6, 6.07) is 19.4. The Bertz CT molecular complexity index is 730. The van der Waals surface area contributed by atoms with E-state index < -0.39 is 5.23 Å². The highest BCUT2D eigenvalue weighted by molar-refractivity contribution is 9.14. The molecule has 2 aromatic rings. The third-order valence-electron chi connectivity index (χ3n) is 3.05.